The number of carbonyl (C=O) groups excluding carboxylic acids is 1. The van der Waals surface area contributed by atoms with Crippen LogP contribution in [0.25, 0.3) is 11.5 Å². The van der Waals surface area contributed by atoms with Crippen LogP contribution < -0.4 is 10.0 Å². The van der Waals surface area contributed by atoms with Crippen LogP contribution in [0.5, 0.6) is 0 Å². The fourth-order valence-corrected chi connectivity index (χ4v) is 4.81. The van der Waals surface area contributed by atoms with Gasteiger partial charge in [0, 0.05) is 28.1 Å². The Bertz CT molecular complexity index is 1620. The molecule has 0 saturated heterocycles. The molecule has 1 amide bonds. The van der Waals surface area contributed by atoms with Crippen LogP contribution in [0.2, 0.25) is 5.02 Å². The van der Waals surface area contributed by atoms with Gasteiger partial charge in [-0.25, -0.2) is 16.8 Å². The summed E-state index contributed by atoms with van der Waals surface area (Å²) >= 11 is 5.80. The molecule has 35 heavy (non-hydrogen) atoms. The number of nitrogens with zero attached hydrogens (tertiary/aromatic N) is 2. The topological polar surface area (TPSA) is 148 Å². The number of hydrogen-bond acceptors (Lipinski definition) is 8. The first kappa shape index (κ1) is 24.4. The molecule has 0 aliphatic carbocycles. The molecule has 0 fully saturated rings. The number of halogens is 1. The summed E-state index contributed by atoms with van der Waals surface area (Å²) in [7, 11) is -7.33. The number of sulfone groups is 1. The van der Waals surface area contributed by atoms with E-state index < -0.39 is 25.8 Å². The van der Waals surface area contributed by atoms with Crippen molar-refractivity contribution in [1.82, 2.24) is 10.2 Å². The maximum atomic E-state index is 12.7. The summed E-state index contributed by atoms with van der Waals surface area (Å²) in [5.74, 6) is -0.618. The molecule has 4 aromatic rings. The summed E-state index contributed by atoms with van der Waals surface area (Å²) in [5.41, 5.74) is 0.649. The van der Waals surface area contributed by atoms with E-state index in [1.165, 1.54) is 66.7 Å². The molecule has 0 bridgehead atoms. The van der Waals surface area contributed by atoms with Gasteiger partial charge >= 0.3 is 6.01 Å². The molecular weight excluding hydrogens is 516 g/mol. The smallest absolute Gasteiger partial charge is 0.322 e. The fourth-order valence-electron chi connectivity index (χ4n) is 2.97. The van der Waals surface area contributed by atoms with Crippen molar-refractivity contribution in [3.05, 3.63) is 83.4 Å². The third kappa shape index (κ3) is 5.85. The first-order valence-corrected chi connectivity index (χ1v) is 13.6. The predicted molar refractivity (Wildman–Crippen MR) is 129 cm³/mol. The van der Waals surface area contributed by atoms with Crippen molar-refractivity contribution >= 4 is 49.1 Å². The summed E-state index contributed by atoms with van der Waals surface area (Å²) in [6, 6.07) is 17.2. The monoisotopic (exact) mass is 532 g/mol. The molecule has 0 radical (unpaired) electrons. The summed E-state index contributed by atoms with van der Waals surface area (Å²) < 4.78 is 56.5. The normalized spacial score (nSPS) is 11.7. The van der Waals surface area contributed by atoms with E-state index in [9.17, 15) is 21.6 Å². The van der Waals surface area contributed by atoms with Crippen LogP contribution in [0.3, 0.4) is 0 Å². The Kier molecular flexibility index (Phi) is 6.61. The Balaban J connectivity index is 1.49. The van der Waals surface area contributed by atoms with Crippen LogP contribution in [-0.4, -0.2) is 39.2 Å². The number of rotatable bonds is 7. The lowest BCUT2D eigenvalue weighted by atomic mass is 10.2. The zero-order chi connectivity index (χ0) is 25.2. The Labute approximate surface area is 205 Å². The molecule has 0 aliphatic heterocycles. The van der Waals surface area contributed by atoms with Crippen molar-refractivity contribution in [2.45, 2.75) is 9.79 Å². The molecule has 0 saturated carbocycles. The Morgan fingerprint density at radius 3 is 2.31 bits per heavy atom. The lowest BCUT2D eigenvalue weighted by Crippen LogP contribution is -2.15. The molecule has 2 N–H and O–H groups in total. The van der Waals surface area contributed by atoms with Gasteiger partial charge in [-0.3, -0.25) is 14.8 Å². The van der Waals surface area contributed by atoms with Gasteiger partial charge in [0.15, 0.2) is 9.84 Å². The number of hydrogen-bond donors (Lipinski definition) is 2. The van der Waals surface area contributed by atoms with Crippen molar-refractivity contribution in [3.8, 4) is 11.5 Å². The molecule has 0 atom stereocenters. The summed E-state index contributed by atoms with van der Waals surface area (Å²) in [6.45, 7) is 0. The van der Waals surface area contributed by atoms with Gasteiger partial charge in [0.2, 0.25) is 5.89 Å². The highest BCUT2D eigenvalue weighted by atomic mass is 35.5. The highest BCUT2D eigenvalue weighted by molar-refractivity contribution is 7.92. The van der Waals surface area contributed by atoms with E-state index >= 15 is 0 Å². The van der Waals surface area contributed by atoms with Crippen molar-refractivity contribution < 1.29 is 26.0 Å². The number of aromatic nitrogens is 2. The molecule has 13 heteroatoms. The molecular formula is C22H17ClN4O6S2. The minimum Gasteiger partial charge on any atom is -0.403 e. The minimum atomic E-state index is -3.90. The molecule has 3 aromatic carbocycles. The lowest BCUT2D eigenvalue weighted by Gasteiger charge is -2.09. The molecule has 1 heterocycles. The van der Waals surface area contributed by atoms with Gasteiger partial charge < -0.3 is 4.42 Å². The van der Waals surface area contributed by atoms with Gasteiger partial charge in [-0.2, -0.15) is 0 Å². The average molecular weight is 533 g/mol. The van der Waals surface area contributed by atoms with Crippen LogP contribution in [0.15, 0.2) is 87.0 Å². The number of benzene rings is 3. The highest BCUT2D eigenvalue weighted by Gasteiger charge is 2.17. The van der Waals surface area contributed by atoms with E-state index in [0.717, 1.165) is 6.26 Å². The first-order chi connectivity index (χ1) is 16.5. The molecule has 10 nitrogen and oxygen atoms in total. The van der Waals surface area contributed by atoms with E-state index in [1.807, 2.05) is 0 Å². The van der Waals surface area contributed by atoms with E-state index in [4.69, 9.17) is 16.0 Å². The standard InChI is InChI=1S/C22H17ClN4O6S2/c1-34(29,30)19-7-3-5-15(13-19)21-25-26-22(33-21)24-20(28)14-4-2-6-17(12-14)27-35(31,32)18-10-8-16(23)9-11-18/h2-13,27H,1H3,(H,24,26,28). The van der Waals surface area contributed by atoms with Crippen LogP contribution >= 0.6 is 11.6 Å². The van der Waals surface area contributed by atoms with Crippen molar-refractivity contribution in [2.75, 3.05) is 16.3 Å². The second-order valence-corrected chi connectivity index (χ2v) is 11.4. The Hall–Kier alpha value is -3.74. The van der Waals surface area contributed by atoms with Gasteiger partial charge in [0.25, 0.3) is 15.9 Å². The molecule has 0 aliphatic rings. The van der Waals surface area contributed by atoms with E-state index in [1.54, 1.807) is 6.07 Å². The van der Waals surface area contributed by atoms with Crippen LogP contribution in [-0.2, 0) is 19.9 Å². The molecule has 0 unspecified atom stereocenters. The van der Waals surface area contributed by atoms with Crippen LogP contribution in [0.4, 0.5) is 11.7 Å². The van der Waals surface area contributed by atoms with E-state index in [2.05, 4.69) is 20.2 Å². The third-order valence-electron chi connectivity index (χ3n) is 4.66. The van der Waals surface area contributed by atoms with Gasteiger partial charge in [0.05, 0.1) is 9.79 Å². The average Bonchev–Trinajstić information content (AvgIpc) is 3.27. The van der Waals surface area contributed by atoms with E-state index in [-0.39, 0.29) is 32.9 Å². The number of nitrogens with one attached hydrogen (secondary N) is 2. The maximum absolute atomic E-state index is 12.7. The third-order valence-corrected chi connectivity index (χ3v) is 7.41. The molecule has 180 valence electrons. The summed E-state index contributed by atoms with van der Waals surface area (Å²) in [6.07, 6.45) is 1.08. The second kappa shape index (κ2) is 9.49. The summed E-state index contributed by atoms with van der Waals surface area (Å²) in [4.78, 5) is 12.8. The lowest BCUT2D eigenvalue weighted by molar-refractivity contribution is 0.102. The first-order valence-electron chi connectivity index (χ1n) is 9.85. The number of anilines is 2. The van der Waals surface area contributed by atoms with Gasteiger partial charge in [0.1, 0.15) is 0 Å². The quantitative estimate of drug-likeness (QED) is 0.364. The number of amides is 1. The van der Waals surface area contributed by atoms with Crippen LogP contribution in [0, 0.1) is 0 Å². The van der Waals surface area contributed by atoms with Crippen molar-refractivity contribution in [1.29, 1.82) is 0 Å². The number of sulfonamides is 1. The van der Waals surface area contributed by atoms with Crippen LogP contribution in [0.1, 0.15) is 10.4 Å². The van der Waals surface area contributed by atoms with Crippen molar-refractivity contribution in [2.24, 2.45) is 0 Å². The number of carbonyl (C=O) groups is 1. The fraction of sp³-hybridized carbons (Fsp3) is 0.0455. The Morgan fingerprint density at radius 1 is 0.886 bits per heavy atom. The van der Waals surface area contributed by atoms with E-state index in [0.29, 0.717) is 10.6 Å². The SMILES string of the molecule is CS(=O)(=O)c1cccc(-c2nnc(NC(=O)c3cccc(NS(=O)(=O)c4ccc(Cl)cc4)c3)o2)c1. The second-order valence-electron chi connectivity index (χ2n) is 7.31. The molecule has 1 aromatic heterocycles. The van der Waals surface area contributed by atoms with Gasteiger partial charge in [-0.05, 0) is 60.7 Å². The largest absolute Gasteiger partial charge is 0.403 e. The van der Waals surface area contributed by atoms with Gasteiger partial charge in [-0.1, -0.05) is 28.8 Å². The minimum absolute atomic E-state index is 0.00934. The predicted octanol–water partition coefficient (Wildman–Crippen LogP) is 3.85. The zero-order valence-corrected chi connectivity index (χ0v) is 20.4. The summed E-state index contributed by atoms with van der Waals surface area (Å²) in [5, 5.41) is 10.4. The zero-order valence-electron chi connectivity index (χ0n) is 18.0. The molecule has 4 rings (SSSR count). The molecule has 0 spiro atoms. The highest BCUT2D eigenvalue weighted by Crippen LogP contribution is 2.24. The van der Waals surface area contributed by atoms with Crippen molar-refractivity contribution in [3.63, 3.8) is 0 Å². The van der Waals surface area contributed by atoms with Gasteiger partial charge in [-0.15, -0.1) is 5.10 Å². The maximum Gasteiger partial charge on any atom is 0.322 e. The Morgan fingerprint density at radius 2 is 1.60 bits per heavy atom.